The van der Waals surface area contributed by atoms with E-state index in [0.717, 1.165) is 28.3 Å². The Morgan fingerprint density at radius 1 is 1.28 bits per heavy atom. The van der Waals surface area contributed by atoms with Gasteiger partial charge in [0.1, 0.15) is 13.2 Å². The average molecular weight is 245 g/mol. The van der Waals surface area contributed by atoms with Crippen molar-refractivity contribution >= 4 is 0 Å². The predicted molar refractivity (Wildman–Crippen MR) is 67.5 cm³/mol. The second-order valence-corrected chi connectivity index (χ2v) is 4.23. The zero-order chi connectivity index (χ0) is 12.5. The number of benzene rings is 1. The summed E-state index contributed by atoms with van der Waals surface area (Å²) in [5, 5.41) is 4.34. The molecule has 0 bridgehead atoms. The van der Waals surface area contributed by atoms with E-state index in [2.05, 4.69) is 5.10 Å². The summed E-state index contributed by atoms with van der Waals surface area (Å²) in [6, 6.07) is 5.91. The number of hydrogen-bond donors (Lipinski definition) is 1. The Morgan fingerprint density at radius 3 is 2.83 bits per heavy atom. The largest absolute Gasteiger partial charge is 0.486 e. The first-order chi connectivity index (χ1) is 8.78. The van der Waals surface area contributed by atoms with Crippen LogP contribution in [-0.4, -0.2) is 23.0 Å². The molecule has 1 aromatic carbocycles. The summed E-state index contributed by atoms with van der Waals surface area (Å²) in [4.78, 5) is 0. The van der Waals surface area contributed by atoms with E-state index in [9.17, 15) is 0 Å². The van der Waals surface area contributed by atoms with Gasteiger partial charge in [-0.15, -0.1) is 0 Å². The molecule has 3 rings (SSSR count). The molecule has 0 fully saturated rings. The van der Waals surface area contributed by atoms with Crippen LogP contribution in [0.2, 0.25) is 0 Å². The van der Waals surface area contributed by atoms with Crippen LogP contribution in [0.4, 0.5) is 0 Å². The lowest BCUT2D eigenvalue weighted by molar-refractivity contribution is 0.171. The van der Waals surface area contributed by atoms with Crippen molar-refractivity contribution in [2.24, 2.45) is 12.8 Å². The van der Waals surface area contributed by atoms with E-state index in [0.29, 0.717) is 19.8 Å². The summed E-state index contributed by atoms with van der Waals surface area (Å²) < 4.78 is 12.9. The maximum absolute atomic E-state index is 5.71. The number of nitrogens with two attached hydrogens (primary N) is 1. The van der Waals surface area contributed by atoms with Crippen molar-refractivity contribution < 1.29 is 9.47 Å². The van der Waals surface area contributed by atoms with Crippen molar-refractivity contribution in [1.29, 1.82) is 0 Å². The molecule has 0 unspecified atom stereocenters. The minimum absolute atomic E-state index is 0.421. The van der Waals surface area contributed by atoms with E-state index in [1.54, 1.807) is 4.68 Å². The van der Waals surface area contributed by atoms with Crippen molar-refractivity contribution in [3.8, 4) is 22.6 Å². The van der Waals surface area contributed by atoms with Crippen molar-refractivity contribution in [2.75, 3.05) is 13.2 Å². The van der Waals surface area contributed by atoms with Crippen molar-refractivity contribution in [3.63, 3.8) is 0 Å². The number of rotatable bonds is 2. The molecular weight excluding hydrogens is 230 g/mol. The van der Waals surface area contributed by atoms with Crippen LogP contribution < -0.4 is 15.2 Å². The number of nitrogens with zero attached hydrogens (tertiary/aromatic N) is 2. The fourth-order valence-corrected chi connectivity index (χ4v) is 2.14. The zero-order valence-electron chi connectivity index (χ0n) is 10.2. The molecule has 2 aromatic rings. The van der Waals surface area contributed by atoms with Gasteiger partial charge in [0.15, 0.2) is 11.5 Å². The first-order valence-electron chi connectivity index (χ1n) is 5.90. The van der Waals surface area contributed by atoms with Gasteiger partial charge in [-0.25, -0.2) is 0 Å². The van der Waals surface area contributed by atoms with Gasteiger partial charge in [0, 0.05) is 25.4 Å². The van der Waals surface area contributed by atoms with Gasteiger partial charge in [0.25, 0.3) is 0 Å². The highest BCUT2D eigenvalue weighted by Crippen LogP contribution is 2.35. The molecule has 1 aliphatic rings. The first-order valence-corrected chi connectivity index (χ1v) is 5.90. The third-order valence-corrected chi connectivity index (χ3v) is 2.95. The van der Waals surface area contributed by atoms with E-state index in [1.807, 2.05) is 31.4 Å². The third-order valence-electron chi connectivity index (χ3n) is 2.95. The highest BCUT2D eigenvalue weighted by Gasteiger charge is 2.15. The Bertz CT molecular complexity index is 578. The normalized spacial score (nSPS) is 13.7. The van der Waals surface area contributed by atoms with Crippen LogP contribution in [0.3, 0.4) is 0 Å². The van der Waals surface area contributed by atoms with Gasteiger partial charge in [0.05, 0.1) is 5.69 Å². The quantitative estimate of drug-likeness (QED) is 0.866. The minimum Gasteiger partial charge on any atom is -0.486 e. The monoisotopic (exact) mass is 245 g/mol. The number of aryl methyl sites for hydroxylation is 1. The van der Waals surface area contributed by atoms with E-state index >= 15 is 0 Å². The molecule has 0 spiro atoms. The van der Waals surface area contributed by atoms with Gasteiger partial charge in [-0.2, -0.15) is 5.10 Å². The molecule has 0 aliphatic carbocycles. The van der Waals surface area contributed by atoms with E-state index in [4.69, 9.17) is 15.2 Å². The van der Waals surface area contributed by atoms with Crippen LogP contribution in [0, 0.1) is 0 Å². The molecule has 2 N–H and O–H groups in total. The van der Waals surface area contributed by atoms with Crippen molar-refractivity contribution in [3.05, 3.63) is 30.1 Å². The molecule has 2 heterocycles. The predicted octanol–water partition coefficient (Wildman–Crippen LogP) is 1.32. The molecular formula is C13H15N3O2. The first kappa shape index (κ1) is 11.1. The summed E-state index contributed by atoms with van der Waals surface area (Å²) in [5.41, 5.74) is 8.68. The Kier molecular flexibility index (Phi) is 2.68. The minimum atomic E-state index is 0.421. The Labute approximate surface area is 105 Å². The number of ether oxygens (including phenoxy) is 2. The number of hydrogen-bond acceptors (Lipinski definition) is 4. The van der Waals surface area contributed by atoms with Gasteiger partial charge < -0.3 is 15.2 Å². The molecule has 0 saturated carbocycles. The van der Waals surface area contributed by atoms with Gasteiger partial charge in [0.2, 0.25) is 0 Å². The van der Waals surface area contributed by atoms with Crippen LogP contribution in [0.25, 0.3) is 11.1 Å². The summed E-state index contributed by atoms with van der Waals surface area (Å²) in [5.74, 6) is 1.58. The van der Waals surface area contributed by atoms with Gasteiger partial charge in [-0.3, -0.25) is 4.68 Å². The van der Waals surface area contributed by atoms with Crippen LogP contribution >= 0.6 is 0 Å². The van der Waals surface area contributed by atoms with Crippen LogP contribution in [0.5, 0.6) is 11.5 Å². The van der Waals surface area contributed by atoms with E-state index in [-0.39, 0.29) is 0 Å². The Morgan fingerprint density at radius 2 is 2.06 bits per heavy atom. The average Bonchev–Trinajstić information content (AvgIpc) is 2.79. The fourth-order valence-electron chi connectivity index (χ4n) is 2.14. The summed E-state index contributed by atoms with van der Waals surface area (Å²) in [7, 11) is 1.89. The molecule has 0 atom stereocenters. The van der Waals surface area contributed by atoms with Crippen molar-refractivity contribution in [2.45, 2.75) is 6.54 Å². The number of aromatic nitrogens is 2. The second kappa shape index (κ2) is 4.34. The molecule has 5 nitrogen and oxygen atoms in total. The lowest BCUT2D eigenvalue weighted by Gasteiger charge is -2.18. The Balaban J connectivity index is 2.06. The lowest BCUT2D eigenvalue weighted by atomic mass is 10.1. The van der Waals surface area contributed by atoms with Crippen LogP contribution in [0.15, 0.2) is 24.4 Å². The molecule has 0 amide bonds. The van der Waals surface area contributed by atoms with Crippen molar-refractivity contribution in [1.82, 2.24) is 9.78 Å². The summed E-state index contributed by atoms with van der Waals surface area (Å²) in [6.07, 6.45) is 1.97. The van der Waals surface area contributed by atoms with Crippen LogP contribution in [0.1, 0.15) is 5.69 Å². The maximum Gasteiger partial charge on any atom is 0.161 e. The van der Waals surface area contributed by atoms with E-state index < -0.39 is 0 Å². The SMILES string of the molecule is Cn1cc(-c2ccc3c(c2)OCCO3)c(CN)n1. The van der Waals surface area contributed by atoms with Crippen LogP contribution in [-0.2, 0) is 13.6 Å². The van der Waals surface area contributed by atoms with E-state index in [1.165, 1.54) is 0 Å². The molecule has 0 saturated heterocycles. The molecule has 18 heavy (non-hydrogen) atoms. The third kappa shape index (κ3) is 1.82. The number of fused-ring (bicyclic) bond motifs is 1. The standard InChI is InChI=1S/C13H15N3O2/c1-16-8-10(11(7-14)15-16)9-2-3-12-13(6-9)18-5-4-17-12/h2-3,6,8H,4-5,7,14H2,1H3. The lowest BCUT2D eigenvalue weighted by Crippen LogP contribution is -2.15. The molecule has 1 aliphatic heterocycles. The zero-order valence-corrected chi connectivity index (χ0v) is 10.2. The molecule has 0 radical (unpaired) electrons. The Hall–Kier alpha value is -2.01. The van der Waals surface area contributed by atoms with Gasteiger partial charge >= 0.3 is 0 Å². The molecule has 5 heteroatoms. The highest BCUT2D eigenvalue weighted by molar-refractivity contribution is 5.68. The van der Waals surface area contributed by atoms with Gasteiger partial charge in [-0.1, -0.05) is 6.07 Å². The highest BCUT2D eigenvalue weighted by atomic mass is 16.6. The second-order valence-electron chi connectivity index (χ2n) is 4.23. The topological polar surface area (TPSA) is 62.3 Å². The molecule has 94 valence electrons. The van der Waals surface area contributed by atoms with Gasteiger partial charge in [-0.05, 0) is 17.7 Å². The maximum atomic E-state index is 5.71. The summed E-state index contributed by atoms with van der Waals surface area (Å²) >= 11 is 0. The molecule has 1 aromatic heterocycles. The fraction of sp³-hybridized carbons (Fsp3) is 0.308. The summed E-state index contributed by atoms with van der Waals surface area (Å²) in [6.45, 7) is 1.62. The smallest absolute Gasteiger partial charge is 0.161 e.